The lowest BCUT2D eigenvalue weighted by Gasteiger charge is -2.13. The number of aromatic nitrogens is 1. The van der Waals surface area contributed by atoms with Crippen LogP contribution >= 0.6 is 15.9 Å². The fraction of sp³-hybridized carbons (Fsp3) is 0.375. The van der Waals surface area contributed by atoms with Crippen LogP contribution in [-0.4, -0.2) is 4.98 Å². The summed E-state index contributed by atoms with van der Waals surface area (Å²) in [7, 11) is 0. The lowest BCUT2D eigenvalue weighted by Crippen LogP contribution is -2.13. The van der Waals surface area contributed by atoms with E-state index in [1.807, 2.05) is 0 Å². The molecule has 0 aliphatic rings. The Kier molecular flexibility index (Phi) is 3.84. The fourth-order valence-corrected chi connectivity index (χ4v) is 1.65. The second kappa shape index (κ2) is 4.62. The first kappa shape index (κ1) is 13.3. The van der Waals surface area contributed by atoms with Gasteiger partial charge < -0.3 is 5.73 Å². The molecule has 1 rings (SSSR count). The third-order valence-electron chi connectivity index (χ3n) is 1.77. The van der Waals surface area contributed by atoms with Crippen LogP contribution in [0.2, 0.25) is 0 Å². The Morgan fingerprint density at radius 2 is 1.94 bits per heavy atom. The molecule has 0 bridgehead atoms. The summed E-state index contributed by atoms with van der Waals surface area (Å²) in [5.74, 6) is 0. The minimum absolute atomic E-state index is 0.245. The molecule has 1 heterocycles. The number of halogens is 6. The van der Waals surface area contributed by atoms with E-state index in [1.54, 1.807) is 0 Å². The van der Waals surface area contributed by atoms with Gasteiger partial charge in [0.05, 0.1) is 15.7 Å². The summed E-state index contributed by atoms with van der Waals surface area (Å²) in [6.45, 7) is -0.357. The molecule has 0 unspecified atom stereocenters. The van der Waals surface area contributed by atoms with Crippen LogP contribution in [0.1, 0.15) is 23.4 Å². The molecule has 0 amide bonds. The maximum Gasteiger partial charge on any atom is 0.417 e. The van der Waals surface area contributed by atoms with Gasteiger partial charge in [0.2, 0.25) is 0 Å². The maximum absolute atomic E-state index is 12.5. The maximum atomic E-state index is 12.5. The third kappa shape index (κ3) is 2.67. The average molecular weight is 305 g/mol. The van der Waals surface area contributed by atoms with Gasteiger partial charge in [0, 0.05) is 6.54 Å². The highest BCUT2D eigenvalue weighted by Gasteiger charge is 2.35. The Hall–Kier alpha value is -0.760. The van der Waals surface area contributed by atoms with Crippen molar-refractivity contribution in [3.05, 3.63) is 27.5 Å². The quantitative estimate of drug-likeness (QED) is 0.852. The summed E-state index contributed by atoms with van der Waals surface area (Å²) >= 11 is 2.65. The van der Waals surface area contributed by atoms with Crippen molar-refractivity contribution in [2.45, 2.75) is 19.1 Å². The molecule has 0 atom stereocenters. The van der Waals surface area contributed by atoms with Crippen LogP contribution in [0.4, 0.5) is 22.0 Å². The number of pyridine rings is 1. The van der Waals surface area contributed by atoms with Crippen molar-refractivity contribution in [2.24, 2.45) is 5.73 Å². The predicted octanol–water partition coefficient (Wildman–Crippen LogP) is 3.26. The summed E-state index contributed by atoms with van der Waals surface area (Å²) in [6.07, 6.45) is -7.80. The fourth-order valence-electron chi connectivity index (χ4n) is 1.06. The lowest BCUT2D eigenvalue weighted by atomic mass is 10.2. The molecular formula is C8H6BrF5N2. The monoisotopic (exact) mass is 304 g/mol. The van der Waals surface area contributed by atoms with Crippen molar-refractivity contribution < 1.29 is 22.0 Å². The summed E-state index contributed by atoms with van der Waals surface area (Å²) in [5.41, 5.74) is 2.75. The van der Waals surface area contributed by atoms with Gasteiger partial charge >= 0.3 is 6.18 Å². The van der Waals surface area contributed by atoms with Gasteiger partial charge in [-0.3, -0.25) is 0 Å². The number of hydrogen-bond acceptors (Lipinski definition) is 2. The highest BCUT2D eigenvalue weighted by molar-refractivity contribution is 9.10. The Bertz CT molecular complexity index is 391. The largest absolute Gasteiger partial charge is 0.417 e. The van der Waals surface area contributed by atoms with E-state index in [9.17, 15) is 22.0 Å². The van der Waals surface area contributed by atoms with E-state index < -0.39 is 28.3 Å². The second-order valence-electron chi connectivity index (χ2n) is 2.86. The highest BCUT2D eigenvalue weighted by Crippen LogP contribution is 2.37. The number of hydrogen-bond donors (Lipinski definition) is 1. The number of nitrogens with zero attached hydrogens (tertiary/aromatic N) is 1. The Morgan fingerprint density at radius 3 is 2.31 bits per heavy atom. The molecule has 1 aromatic rings. The van der Waals surface area contributed by atoms with Crippen LogP contribution in [0.25, 0.3) is 0 Å². The molecule has 0 saturated heterocycles. The minimum atomic E-state index is -4.73. The van der Waals surface area contributed by atoms with E-state index >= 15 is 0 Å². The molecule has 0 spiro atoms. The highest BCUT2D eigenvalue weighted by atomic mass is 79.9. The third-order valence-corrected chi connectivity index (χ3v) is 2.65. The topological polar surface area (TPSA) is 38.9 Å². The summed E-state index contributed by atoms with van der Waals surface area (Å²) in [5, 5.41) is 0. The van der Waals surface area contributed by atoms with Gasteiger partial charge in [-0.15, -0.1) is 0 Å². The first-order valence-electron chi connectivity index (χ1n) is 4.02. The normalized spacial score (nSPS) is 12.2. The average Bonchev–Trinajstić information content (AvgIpc) is 2.15. The molecule has 0 radical (unpaired) electrons. The molecule has 0 saturated carbocycles. The van der Waals surface area contributed by atoms with Gasteiger partial charge in [0.1, 0.15) is 5.69 Å². The van der Waals surface area contributed by atoms with E-state index in [0.29, 0.717) is 6.07 Å². The van der Waals surface area contributed by atoms with E-state index in [2.05, 4.69) is 20.9 Å². The van der Waals surface area contributed by atoms with Crippen LogP contribution in [0, 0.1) is 0 Å². The van der Waals surface area contributed by atoms with Crippen molar-refractivity contribution >= 4 is 15.9 Å². The van der Waals surface area contributed by atoms with E-state index in [1.165, 1.54) is 0 Å². The van der Waals surface area contributed by atoms with E-state index in [-0.39, 0.29) is 12.2 Å². The zero-order chi connectivity index (χ0) is 12.5. The zero-order valence-electron chi connectivity index (χ0n) is 7.65. The molecule has 2 nitrogen and oxygen atoms in total. The number of rotatable bonds is 2. The zero-order valence-corrected chi connectivity index (χ0v) is 9.24. The molecule has 1 aromatic heterocycles. The van der Waals surface area contributed by atoms with Crippen LogP contribution < -0.4 is 5.73 Å². The molecule has 0 aliphatic heterocycles. The number of alkyl halides is 5. The number of nitrogens with two attached hydrogens (primary N) is 1. The van der Waals surface area contributed by atoms with Crippen molar-refractivity contribution in [3.63, 3.8) is 0 Å². The van der Waals surface area contributed by atoms with Gasteiger partial charge in [-0.05, 0) is 22.0 Å². The Morgan fingerprint density at radius 1 is 1.38 bits per heavy atom. The SMILES string of the molecule is NCc1nc(C(F)F)cc(C(F)(F)F)c1Br. The Labute approximate surface area is 95.8 Å². The van der Waals surface area contributed by atoms with Gasteiger partial charge in [-0.2, -0.15) is 13.2 Å². The van der Waals surface area contributed by atoms with Gasteiger partial charge in [0.15, 0.2) is 0 Å². The van der Waals surface area contributed by atoms with Crippen LogP contribution in [0.15, 0.2) is 10.5 Å². The van der Waals surface area contributed by atoms with Gasteiger partial charge in [0.25, 0.3) is 6.43 Å². The smallest absolute Gasteiger partial charge is 0.325 e. The first-order chi connectivity index (χ1) is 7.27. The summed E-state index contributed by atoms with van der Waals surface area (Å²) < 4.78 is 61.6. The lowest BCUT2D eigenvalue weighted by molar-refractivity contribution is -0.138. The molecule has 8 heteroatoms. The second-order valence-corrected chi connectivity index (χ2v) is 3.65. The van der Waals surface area contributed by atoms with Gasteiger partial charge in [-0.25, -0.2) is 13.8 Å². The molecule has 0 aromatic carbocycles. The van der Waals surface area contributed by atoms with Crippen molar-refractivity contribution in [1.82, 2.24) is 4.98 Å². The van der Waals surface area contributed by atoms with Crippen LogP contribution in [0.3, 0.4) is 0 Å². The molecule has 90 valence electrons. The standard InChI is InChI=1S/C8H6BrF5N2/c9-6-3(8(12,13)14)1-4(7(10)11)16-5(6)2-15/h1,7H,2,15H2. The molecule has 0 fully saturated rings. The summed E-state index contributed by atoms with van der Waals surface area (Å²) in [6, 6.07) is 0.313. The van der Waals surface area contributed by atoms with Crippen LogP contribution in [0.5, 0.6) is 0 Å². The minimum Gasteiger partial charge on any atom is -0.325 e. The van der Waals surface area contributed by atoms with E-state index in [4.69, 9.17) is 5.73 Å². The van der Waals surface area contributed by atoms with Crippen molar-refractivity contribution in [3.8, 4) is 0 Å². The van der Waals surface area contributed by atoms with Crippen molar-refractivity contribution in [2.75, 3.05) is 0 Å². The summed E-state index contributed by atoms with van der Waals surface area (Å²) in [4.78, 5) is 3.34. The molecule has 0 aliphatic carbocycles. The van der Waals surface area contributed by atoms with Crippen LogP contribution in [-0.2, 0) is 12.7 Å². The molecular weight excluding hydrogens is 299 g/mol. The Balaban J connectivity index is 3.42. The predicted molar refractivity (Wildman–Crippen MR) is 49.8 cm³/mol. The molecule has 16 heavy (non-hydrogen) atoms. The first-order valence-corrected chi connectivity index (χ1v) is 4.81. The van der Waals surface area contributed by atoms with E-state index in [0.717, 1.165) is 0 Å². The van der Waals surface area contributed by atoms with Gasteiger partial charge in [-0.1, -0.05) is 0 Å². The molecule has 2 N–H and O–H groups in total. The van der Waals surface area contributed by atoms with Crippen molar-refractivity contribution in [1.29, 1.82) is 0 Å².